The molecule has 1 aliphatic rings. The van der Waals surface area contributed by atoms with Crippen LogP contribution in [0.4, 0.5) is 0 Å². The summed E-state index contributed by atoms with van der Waals surface area (Å²) >= 11 is 5.66. The number of amides is 1. The lowest BCUT2D eigenvalue weighted by Gasteiger charge is -2.11. The van der Waals surface area contributed by atoms with E-state index in [0.717, 1.165) is 6.42 Å². The summed E-state index contributed by atoms with van der Waals surface area (Å²) < 4.78 is 0. The number of carbonyl (C=O) groups is 1. The topological polar surface area (TPSA) is 20.3 Å². The molecule has 1 rings (SSSR count). The molecule has 3 heteroatoms. The molecule has 46 valence electrons. The van der Waals surface area contributed by atoms with Crippen LogP contribution in [0, 0.1) is 0 Å². The summed E-state index contributed by atoms with van der Waals surface area (Å²) in [5.74, 6) is 0.157. The van der Waals surface area contributed by atoms with Crippen molar-refractivity contribution in [3.05, 3.63) is 0 Å². The van der Waals surface area contributed by atoms with Crippen molar-refractivity contribution >= 4 is 17.5 Å². The van der Waals surface area contributed by atoms with Crippen LogP contribution in [0.15, 0.2) is 0 Å². The zero-order chi connectivity index (χ0) is 6.15. The number of carbonyl (C=O) groups excluding carboxylic acids is 1. The molecule has 0 spiro atoms. The molecule has 1 atom stereocenters. The van der Waals surface area contributed by atoms with Gasteiger partial charge in [0.15, 0.2) is 0 Å². The third-order valence-corrected chi connectivity index (χ3v) is 1.92. The number of alkyl halides is 1. The maximum atomic E-state index is 10.6. The number of halogens is 1. The first kappa shape index (κ1) is 5.89. The predicted molar refractivity (Wildman–Crippen MR) is 31.6 cm³/mol. The molecule has 2 nitrogen and oxygen atoms in total. The maximum absolute atomic E-state index is 10.6. The van der Waals surface area contributed by atoms with Gasteiger partial charge in [-0.3, -0.25) is 4.79 Å². The van der Waals surface area contributed by atoms with Gasteiger partial charge in [-0.05, 0) is 6.42 Å². The largest absolute Gasteiger partial charge is 0.329 e. The minimum atomic E-state index is -0.0532. The summed E-state index contributed by atoms with van der Waals surface area (Å²) in [7, 11) is 1.73. The highest BCUT2D eigenvalue weighted by molar-refractivity contribution is 6.22. The van der Waals surface area contributed by atoms with Gasteiger partial charge in [-0.15, -0.1) is 0 Å². The quantitative estimate of drug-likeness (QED) is 0.354. The molecule has 1 heterocycles. The van der Waals surface area contributed by atoms with Crippen molar-refractivity contribution in [2.24, 2.45) is 0 Å². The van der Waals surface area contributed by atoms with Gasteiger partial charge in [0.2, 0.25) is 5.91 Å². The average molecular weight is 134 g/mol. The second kappa shape index (κ2) is 1.94. The lowest BCUT2D eigenvalue weighted by atomic mass is 10.4. The Morgan fingerprint density at radius 1 is 1.88 bits per heavy atom. The van der Waals surface area contributed by atoms with E-state index in [1.807, 2.05) is 0 Å². The third kappa shape index (κ3) is 0.802. The molecule has 0 N–H and O–H groups in total. The van der Waals surface area contributed by atoms with Crippen molar-refractivity contribution in [1.29, 1.82) is 0 Å². The smallest absolute Gasteiger partial charge is 0.223 e. The number of likely N-dealkylation sites (tertiary alicyclic amines) is 1. The highest BCUT2D eigenvalue weighted by Crippen LogP contribution is 2.18. The van der Waals surface area contributed by atoms with Gasteiger partial charge in [0.05, 0.1) is 0 Å². The van der Waals surface area contributed by atoms with Gasteiger partial charge in [-0.1, -0.05) is 11.6 Å². The molecule has 0 saturated carbocycles. The molecule has 1 unspecified atom stereocenters. The van der Waals surface area contributed by atoms with Crippen molar-refractivity contribution in [2.45, 2.75) is 18.3 Å². The van der Waals surface area contributed by atoms with E-state index in [-0.39, 0.29) is 11.4 Å². The van der Waals surface area contributed by atoms with Gasteiger partial charge >= 0.3 is 0 Å². The van der Waals surface area contributed by atoms with Crippen LogP contribution < -0.4 is 0 Å². The first-order valence-electron chi connectivity index (χ1n) is 2.61. The molecule has 1 saturated heterocycles. The lowest BCUT2D eigenvalue weighted by molar-refractivity contribution is -0.126. The van der Waals surface area contributed by atoms with Crippen LogP contribution in [0.3, 0.4) is 0 Å². The van der Waals surface area contributed by atoms with Crippen molar-refractivity contribution in [1.82, 2.24) is 4.90 Å². The van der Waals surface area contributed by atoms with Crippen LogP contribution >= 0.6 is 11.6 Å². The Labute approximate surface area is 53.4 Å². The summed E-state index contributed by atoms with van der Waals surface area (Å²) in [4.78, 5) is 12.2. The van der Waals surface area contributed by atoms with Gasteiger partial charge < -0.3 is 4.90 Å². The van der Waals surface area contributed by atoms with E-state index in [1.54, 1.807) is 11.9 Å². The Morgan fingerprint density at radius 2 is 2.50 bits per heavy atom. The number of nitrogens with zero attached hydrogens (tertiary/aromatic N) is 1. The Balaban J connectivity index is 2.56. The summed E-state index contributed by atoms with van der Waals surface area (Å²) in [6, 6.07) is 0. The second-order valence-electron chi connectivity index (χ2n) is 1.98. The molecular weight excluding hydrogens is 126 g/mol. The van der Waals surface area contributed by atoms with Gasteiger partial charge in [0.1, 0.15) is 5.50 Å². The highest BCUT2D eigenvalue weighted by Gasteiger charge is 2.24. The lowest BCUT2D eigenvalue weighted by Crippen LogP contribution is -2.23. The fourth-order valence-corrected chi connectivity index (χ4v) is 0.987. The van der Waals surface area contributed by atoms with Crippen LogP contribution in [0.2, 0.25) is 0 Å². The number of hydrogen-bond donors (Lipinski definition) is 0. The molecule has 0 aliphatic carbocycles. The van der Waals surface area contributed by atoms with E-state index in [1.165, 1.54) is 0 Å². The molecule has 0 aromatic heterocycles. The van der Waals surface area contributed by atoms with Crippen molar-refractivity contribution < 1.29 is 4.79 Å². The highest BCUT2D eigenvalue weighted by atomic mass is 35.5. The third-order valence-electron chi connectivity index (χ3n) is 1.41. The summed E-state index contributed by atoms with van der Waals surface area (Å²) in [5.41, 5.74) is -0.0532. The van der Waals surface area contributed by atoms with Crippen molar-refractivity contribution in [3.8, 4) is 0 Å². The first-order valence-corrected chi connectivity index (χ1v) is 3.05. The van der Waals surface area contributed by atoms with Gasteiger partial charge in [-0.2, -0.15) is 0 Å². The van der Waals surface area contributed by atoms with Crippen LogP contribution in [-0.4, -0.2) is 23.4 Å². The zero-order valence-electron chi connectivity index (χ0n) is 4.72. The Bertz CT molecular complexity index is 115. The molecule has 0 aromatic carbocycles. The van der Waals surface area contributed by atoms with Crippen LogP contribution in [0.25, 0.3) is 0 Å². The number of hydrogen-bond acceptors (Lipinski definition) is 1. The Morgan fingerprint density at radius 3 is 2.62 bits per heavy atom. The van der Waals surface area contributed by atoms with Crippen LogP contribution in [-0.2, 0) is 4.79 Å². The monoisotopic (exact) mass is 133 g/mol. The normalized spacial score (nSPS) is 29.5. The summed E-state index contributed by atoms with van der Waals surface area (Å²) in [6.45, 7) is 0. The first-order chi connectivity index (χ1) is 3.72. The van der Waals surface area contributed by atoms with Crippen molar-refractivity contribution in [2.75, 3.05) is 7.05 Å². The van der Waals surface area contributed by atoms with E-state index in [0.29, 0.717) is 6.42 Å². The molecule has 0 bridgehead atoms. The van der Waals surface area contributed by atoms with Gasteiger partial charge in [-0.25, -0.2) is 0 Å². The molecule has 1 amide bonds. The second-order valence-corrected chi connectivity index (χ2v) is 2.48. The fourth-order valence-electron chi connectivity index (χ4n) is 0.769. The number of rotatable bonds is 0. The van der Waals surface area contributed by atoms with E-state index >= 15 is 0 Å². The van der Waals surface area contributed by atoms with Crippen molar-refractivity contribution in [3.63, 3.8) is 0 Å². The van der Waals surface area contributed by atoms with Crippen LogP contribution in [0.1, 0.15) is 12.8 Å². The average Bonchev–Trinajstić information content (AvgIpc) is 1.98. The molecule has 0 radical (unpaired) electrons. The fraction of sp³-hybridized carbons (Fsp3) is 0.800. The van der Waals surface area contributed by atoms with E-state index < -0.39 is 0 Å². The molecule has 1 aliphatic heterocycles. The predicted octanol–water partition coefficient (Wildman–Crippen LogP) is 0.803. The summed E-state index contributed by atoms with van der Waals surface area (Å²) in [6.07, 6.45) is 1.42. The van der Waals surface area contributed by atoms with Gasteiger partial charge in [0.25, 0.3) is 0 Å². The minimum absolute atomic E-state index is 0.0532. The minimum Gasteiger partial charge on any atom is -0.329 e. The van der Waals surface area contributed by atoms with Gasteiger partial charge in [0, 0.05) is 13.5 Å². The molecule has 1 fully saturated rings. The Hall–Kier alpha value is -0.240. The van der Waals surface area contributed by atoms with Crippen LogP contribution in [0.5, 0.6) is 0 Å². The van der Waals surface area contributed by atoms with E-state index in [2.05, 4.69) is 0 Å². The SMILES string of the molecule is CN1C(=O)CCC1Cl. The standard InChI is InChI=1S/C5H8ClNO/c1-7-4(6)2-3-5(7)8/h4H,2-3H2,1H3. The van der Waals surface area contributed by atoms with E-state index in [9.17, 15) is 4.79 Å². The zero-order valence-corrected chi connectivity index (χ0v) is 5.48. The molecular formula is C5H8ClNO. The molecule has 0 aromatic rings. The maximum Gasteiger partial charge on any atom is 0.223 e. The van der Waals surface area contributed by atoms with E-state index in [4.69, 9.17) is 11.6 Å². The Kier molecular flexibility index (Phi) is 1.43. The molecule has 8 heavy (non-hydrogen) atoms. The summed E-state index contributed by atoms with van der Waals surface area (Å²) in [5, 5.41) is 0.